The molecule has 0 aromatic heterocycles. The lowest BCUT2D eigenvalue weighted by Crippen LogP contribution is -2.35. The number of aliphatic hydroxyl groups is 1. The zero-order valence-electron chi connectivity index (χ0n) is 11.0. The molecule has 0 radical (unpaired) electrons. The van der Waals surface area contributed by atoms with Gasteiger partial charge in [0.05, 0.1) is 0 Å². The van der Waals surface area contributed by atoms with Crippen molar-refractivity contribution in [3.8, 4) is 11.5 Å². The van der Waals surface area contributed by atoms with Gasteiger partial charge in [0.2, 0.25) is 0 Å². The summed E-state index contributed by atoms with van der Waals surface area (Å²) in [5, 5.41) is 10.3. The highest BCUT2D eigenvalue weighted by atomic mass is 19.1. The van der Waals surface area contributed by atoms with Crippen LogP contribution in [0.5, 0.6) is 11.5 Å². The molecule has 1 aliphatic heterocycles. The van der Waals surface area contributed by atoms with Gasteiger partial charge in [-0.3, -0.25) is 0 Å². The van der Waals surface area contributed by atoms with Gasteiger partial charge in [0.1, 0.15) is 18.5 Å². The van der Waals surface area contributed by atoms with Gasteiger partial charge >= 0.3 is 0 Å². The van der Waals surface area contributed by atoms with Crippen LogP contribution in [0.25, 0.3) is 0 Å². The predicted molar refractivity (Wildman–Crippen MR) is 72.4 cm³/mol. The van der Waals surface area contributed by atoms with E-state index in [4.69, 9.17) is 9.47 Å². The fourth-order valence-electron chi connectivity index (χ4n) is 2.29. The van der Waals surface area contributed by atoms with E-state index in [9.17, 15) is 9.50 Å². The van der Waals surface area contributed by atoms with Crippen molar-refractivity contribution in [2.24, 2.45) is 0 Å². The molecule has 2 unspecified atom stereocenters. The molecule has 0 saturated carbocycles. The number of hydrogen-bond acceptors (Lipinski definition) is 3. The summed E-state index contributed by atoms with van der Waals surface area (Å²) < 4.78 is 25.1. The van der Waals surface area contributed by atoms with Crippen molar-refractivity contribution in [1.29, 1.82) is 0 Å². The third-order valence-corrected chi connectivity index (χ3v) is 3.43. The third-order valence-electron chi connectivity index (χ3n) is 3.43. The largest absolute Gasteiger partial charge is 0.489 e. The number of benzene rings is 2. The van der Waals surface area contributed by atoms with Crippen molar-refractivity contribution >= 4 is 0 Å². The van der Waals surface area contributed by atoms with Crippen LogP contribution in [0.3, 0.4) is 0 Å². The number of aliphatic hydroxyl groups excluding tert-OH is 1. The standard InChI is InChI=1S/C16H15FO3/c1-10-5-4-8-13(15(10)17)20-14-9-19-12-7-3-2-6-11(12)16(14)18/h2-8,14,16,18H,9H2,1H3. The van der Waals surface area contributed by atoms with Crippen LogP contribution in [0.4, 0.5) is 4.39 Å². The van der Waals surface area contributed by atoms with Gasteiger partial charge < -0.3 is 14.6 Å². The number of halogens is 1. The molecular formula is C16H15FO3. The van der Waals surface area contributed by atoms with Crippen LogP contribution in [-0.2, 0) is 0 Å². The topological polar surface area (TPSA) is 38.7 Å². The Morgan fingerprint density at radius 2 is 2.00 bits per heavy atom. The third kappa shape index (κ3) is 2.23. The Morgan fingerprint density at radius 1 is 1.20 bits per heavy atom. The number of para-hydroxylation sites is 1. The number of ether oxygens (including phenoxy) is 2. The number of fused-ring (bicyclic) bond motifs is 1. The van der Waals surface area contributed by atoms with Crippen molar-refractivity contribution in [2.45, 2.75) is 19.1 Å². The zero-order chi connectivity index (χ0) is 14.1. The first-order chi connectivity index (χ1) is 9.66. The quantitative estimate of drug-likeness (QED) is 0.915. The summed E-state index contributed by atoms with van der Waals surface area (Å²) in [6.45, 7) is 1.86. The summed E-state index contributed by atoms with van der Waals surface area (Å²) in [5.74, 6) is 0.375. The van der Waals surface area contributed by atoms with Gasteiger partial charge in [-0.05, 0) is 24.6 Å². The molecule has 4 heteroatoms. The number of rotatable bonds is 2. The number of hydrogen-bond donors (Lipinski definition) is 1. The molecule has 20 heavy (non-hydrogen) atoms. The maximum Gasteiger partial charge on any atom is 0.167 e. The Kier molecular flexibility index (Phi) is 3.32. The Hall–Kier alpha value is -2.07. The molecule has 3 rings (SSSR count). The predicted octanol–water partition coefficient (Wildman–Crippen LogP) is 3.01. The van der Waals surface area contributed by atoms with Crippen LogP contribution in [0.15, 0.2) is 42.5 Å². The first kappa shape index (κ1) is 12.9. The molecule has 104 valence electrons. The van der Waals surface area contributed by atoms with Gasteiger partial charge in [-0.1, -0.05) is 30.3 Å². The van der Waals surface area contributed by atoms with E-state index in [0.717, 1.165) is 0 Å². The molecule has 2 aromatic carbocycles. The molecule has 2 aromatic rings. The van der Waals surface area contributed by atoms with E-state index >= 15 is 0 Å². The fourth-order valence-corrected chi connectivity index (χ4v) is 2.29. The molecule has 2 atom stereocenters. The lowest BCUT2D eigenvalue weighted by atomic mass is 10.0. The summed E-state index contributed by atoms with van der Waals surface area (Å²) in [5.41, 5.74) is 1.17. The minimum absolute atomic E-state index is 0.136. The molecule has 1 N–H and O–H groups in total. The van der Waals surface area contributed by atoms with E-state index in [0.29, 0.717) is 16.9 Å². The van der Waals surface area contributed by atoms with E-state index < -0.39 is 18.0 Å². The zero-order valence-corrected chi connectivity index (χ0v) is 11.0. The molecule has 0 aliphatic carbocycles. The van der Waals surface area contributed by atoms with E-state index in [1.165, 1.54) is 0 Å². The van der Waals surface area contributed by atoms with Crippen LogP contribution < -0.4 is 9.47 Å². The van der Waals surface area contributed by atoms with E-state index in [1.807, 2.05) is 12.1 Å². The lowest BCUT2D eigenvalue weighted by Gasteiger charge is -2.30. The summed E-state index contributed by atoms with van der Waals surface area (Å²) >= 11 is 0. The first-order valence-corrected chi connectivity index (χ1v) is 6.48. The van der Waals surface area contributed by atoms with E-state index in [2.05, 4.69) is 0 Å². The molecule has 0 fully saturated rings. The normalized spacial score (nSPS) is 20.9. The van der Waals surface area contributed by atoms with Crippen LogP contribution >= 0.6 is 0 Å². The number of aryl methyl sites for hydroxylation is 1. The summed E-state index contributed by atoms with van der Waals surface area (Å²) in [6, 6.07) is 12.2. The Morgan fingerprint density at radius 3 is 2.85 bits per heavy atom. The molecule has 0 bridgehead atoms. The Labute approximate surface area is 116 Å². The first-order valence-electron chi connectivity index (χ1n) is 6.48. The Bertz CT molecular complexity index is 627. The van der Waals surface area contributed by atoms with Crippen molar-refractivity contribution in [3.05, 3.63) is 59.4 Å². The summed E-state index contributed by atoms with van der Waals surface area (Å²) in [7, 11) is 0. The van der Waals surface area contributed by atoms with Crippen LogP contribution in [0.2, 0.25) is 0 Å². The molecule has 1 heterocycles. The van der Waals surface area contributed by atoms with Crippen molar-refractivity contribution in [1.82, 2.24) is 0 Å². The molecular weight excluding hydrogens is 259 g/mol. The minimum Gasteiger partial charge on any atom is -0.489 e. The SMILES string of the molecule is Cc1cccc(OC2COc3ccccc3C2O)c1F. The average Bonchev–Trinajstić information content (AvgIpc) is 2.47. The smallest absolute Gasteiger partial charge is 0.167 e. The van der Waals surface area contributed by atoms with Gasteiger partial charge in [0.25, 0.3) is 0 Å². The second kappa shape index (κ2) is 5.13. The maximum absolute atomic E-state index is 13.9. The monoisotopic (exact) mass is 274 g/mol. The van der Waals surface area contributed by atoms with Gasteiger partial charge in [0, 0.05) is 5.56 Å². The lowest BCUT2D eigenvalue weighted by molar-refractivity contribution is -0.0120. The van der Waals surface area contributed by atoms with Crippen molar-refractivity contribution in [2.75, 3.05) is 6.61 Å². The van der Waals surface area contributed by atoms with Crippen molar-refractivity contribution < 1.29 is 19.0 Å². The highest BCUT2D eigenvalue weighted by Gasteiger charge is 2.31. The van der Waals surface area contributed by atoms with Gasteiger partial charge in [0.15, 0.2) is 17.7 Å². The Balaban J connectivity index is 1.85. The van der Waals surface area contributed by atoms with Gasteiger partial charge in [-0.2, -0.15) is 0 Å². The van der Waals surface area contributed by atoms with Crippen LogP contribution in [0.1, 0.15) is 17.2 Å². The van der Waals surface area contributed by atoms with Crippen LogP contribution in [0, 0.1) is 12.7 Å². The van der Waals surface area contributed by atoms with E-state index in [-0.39, 0.29) is 12.4 Å². The molecule has 3 nitrogen and oxygen atoms in total. The average molecular weight is 274 g/mol. The van der Waals surface area contributed by atoms with Gasteiger partial charge in [-0.25, -0.2) is 4.39 Å². The summed E-state index contributed by atoms with van der Waals surface area (Å²) in [4.78, 5) is 0. The highest BCUT2D eigenvalue weighted by Crippen LogP contribution is 2.34. The van der Waals surface area contributed by atoms with E-state index in [1.54, 1.807) is 37.3 Å². The second-order valence-corrected chi connectivity index (χ2v) is 4.84. The van der Waals surface area contributed by atoms with Gasteiger partial charge in [-0.15, -0.1) is 0 Å². The minimum atomic E-state index is -0.833. The molecule has 0 spiro atoms. The molecule has 0 amide bonds. The summed E-state index contributed by atoms with van der Waals surface area (Å²) in [6.07, 6.45) is -1.46. The van der Waals surface area contributed by atoms with Crippen LogP contribution in [-0.4, -0.2) is 17.8 Å². The second-order valence-electron chi connectivity index (χ2n) is 4.84. The highest BCUT2D eigenvalue weighted by molar-refractivity contribution is 5.38. The fraction of sp³-hybridized carbons (Fsp3) is 0.250. The molecule has 1 aliphatic rings. The maximum atomic E-state index is 13.9. The molecule has 0 saturated heterocycles. The van der Waals surface area contributed by atoms with Crippen molar-refractivity contribution in [3.63, 3.8) is 0 Å².